The topological polar surface area (TPSA) is 88.6 Å². The molecule has 33 heavy (non-hydrogen) atoms. The summed E-state index contributed by atoms with van der Waals surface area (Å²) in [5, 5.41) is 3.31. The molecule has 1 fully saturated rings. The number of ether oxygens (including phenoxy) is 1. The summed E-state index contributed by atoms with van der Waals surface area (Å²) in [6.45, 7) is 5.09. The molecule has 3 aromatic rings. The SMILES string of the molecule is COc1ccc(-c2nc(NC(=O)c3ccc(S(=O)(=O)N4CCCC(C)C4)cc3)sc2C)cc1. The second-order valence-electron chi connectivity index (χ2n) is 8.24. The van der Waals surface area contributed by atoms with Crippen LogP contribution in [0.5, 0.6) is 5.75 Å². The van der Waals surface area contributed by atoms with Crippen LogP contribution in [0.2, 0.25) is 0 Å². The number of sulfonamides is 1. The van der Waals surface area contributed by atoms with Crippen molar-refractivity contribution in [2.45, 2.75) is 31.6 Å². The summed E-state index contributed by atoms with van der Waals surface area (Å²) in [4.78, 5) is 18.5. The fraction of sp³-hybridized carbons (Fsp3) is 0.333. The van der Waals surface area contributed by atoms with Gasteiger partial charge in [0.05, 0.1) is 17.7 Å². The van der Waals surface area contributed by atoms with Crippen LogP contribution in [0.25, 0.3) is 11.3 Å². The molecule has 1 amide bonds. The Morgan fingerprint density at radius 2 is 1.85 bits per heavy atom. The van der Waals surface area contributed by atoms with E-state index in [1.54, 1.807) is 19.2 Å². The Labute approximate surface area is 198 Å². The number of nitrogens with zero attached hydrogens (tertiary/aromatic N) is 2. The van der Waals surface area contributed by atoms with E-state index in [-0.39, 0.29) is 10.8 Å². The number of methoxy groups -OCH3 is 1. The molecule has 1 atom stereocenters. The van der Waals surface area contributed by atoms with E-state index in [4.69, 9.17) is 4.74 Å². The standard InChI is InChI=1S/C24H27N3O4S2/c1-16-5-4-14-27(15-16)33(29,30)21-12-8-19(9-13-21)23(28)26-24-25-22(17(2)32-24)18-6-10-20(31-3)11-7-18/h6-13,16H,4-5,14-15H2,1-3H3,(H,25,26,28). The first-order valence-electron chi connectivity index (χ1n) is 10.8. The van der Waals surface area contributed by atoms with Crippen molar-refractivity contribution >= 4 is 32.4 Å². The van der Waals surface area contributed by atoms with Crippen molar-refractivity contribution in [1.82, 2.24) is 9.29 Å². The van der Waals surface area contributed by atoms with Crippen LogP contribution in [0.3, 0.4) is 0 Å². The van der Waals surface area contributed by atoms with E-state index in [0.717, 1.165) is 34.7 Å². The average Bonchev–Trinajstić information content (AvgIpc) is 3.19. The number of nitrogens with one attached hydrogen (secondary N) is 1. The molecule has 0 saturated carbocycles. The van der Waals surface area contributed by atoms with Crippen LogP contribution < -0.4 is 10.1 Å². The maximum Gasteiger partial charge on any atom is 0.257 e. The van der Waals surface area contributed by atoms with Gasteiger partial charge in [-0.25, -0.2) is 13.4 Å². The molecule has 1 aromatic heterocycles. The molecule has 7 nitrogen and oxygen atoms in total. The van der Waals surface area contributed by atoms with Crippen molar-refractivity contribution in [3.63, 3.8) is 0 Å². The molecule has 1 aliphatic heterocycles. The van der Waals surface area contributed by atoms with Gasteiger partial charge in [-0.1, -0.05) is 6.92 Å². The lowest BCUT2D eigenvalue weighted by molar-refractivity contribution is 0.102. The van der Waals surface area contributed by atoms with E-state index >= 15 is 0 Å². The molecule has 0 radical (unpaired) electrons. The maximum atomic E-state index is 12.9. The molecule has 1 saturated heterocycles. The highest BCUT2D eigenvalue weighted by Gasteiger charge is 2.28. The van der Waals surface area contributed by atoms with Crippen molar-refractivity contribution in [3.8, 4) is 17.0 Å². The first-order valence-corrected chi connectivity index (χ1v) is 13.1. The van der Waals surface area contributed by atoms with Crippen molar-refractivity contribution in [2.75, 3.05) is 25.5 Å². The number of benzene rings is 2. The second-order valence-corrected chi connectivity index (χ2v) is 11.4. The summed E-state index contributed by atoms with van der Waals surface area (Å²) >= 11 is 1.39. The predicted octanol–water partition coefficient (Wildman–Crippen LogP) is 4.80. The number of hydrogen-bond donors (Lipinski definition) is 1. The number of carbonyl (C=O) groups excluding carboxylic acids is 1. The van der Waals surface area contributed by atoms with Crippen molar-refractivity contribution in [1.29, 1.82) is 0 Å². The quantitative estimate of drug-likeness (QED) is 0.542. The third kappa shape index (κ3) is 5.10. The van der Waals surface area contributed by atoms with Crippen LogP contribution in [-0.2, 0) is 10.0 Å². The Balaban J connectivity index is 1.47. The molecule has 0 bridgehead atoms. The van der Waals surface area contributed by atoms with Crippen LogP contribution >= 0.6 is 11.3 Å². The monoisotopic (exact) mass is 485 g/mol. The minimum atomic E-state index is -3.55. The zero-order valence-corrected chi connectivity index (χ0v) is 20.5. The van der Waals surface area contributed by atoms with E-state index in [9.17, 15) is 13.2 Å². The van der Waals surface area contributed by atoms with E-state index in [1.807, 2.05) is 31.2 Å². The van der Waals surface area contributed by atoms with Crippen LogP contribution in [0.1, 0.15) is 35.0 Å². The summed E-state index contributed by atoms with van der Waals surface area (Å²) < 4.78 is 32.6. The van der Waals surface area contributed by atoms with Crippen molar-refractivity contribution < 1.29 is 17.9 Å². The first-order chi connectivity index (χ1) is 15.8. The summed E-state index contributed by atoms with van der Waals surface area (Å²) in [6.07, 6.45) is 1.91. The van der Waals surface area contributed by atoms with E-state index in [2.05, 4.69) is 17.2 Å². The van der Waals surface area contributed by atoms with Crippen LogP contribution in [0.15, 0.2) is 53.4 Å². The maximum absolute atomic E-state index is 12.9. The number of hydrogen-bond acceptors (Lipinski definition) is 6. The molecule has 1 N–H and O–H groups in total. The van der Waals surface area contributed by atoms with Gasteiger partial charge < -0.3 is 4.74 Å². The molecule has 1 unspecified atom stereocenters. The number of piperidine rings is 1. The minimum absolute atomic E-state index is 0.208. The molecule has 9 heteroatoms. The minimum Gasteiger partial charge on any atom is -0.497 e. The number of amides is 1. The zero-order valence-electron chi connectivity index (χ0n) is 18.9. The lowest BCUT2D eigenvalue weighted by Crippen LogP contribution is -2.39. The first kappa shape index (κ1) is 23.4. The number of thiazole rings is 1. The third-order valence-electron chi connectivity index (χ3n) is 5.75. The number of anilines is 1. The Morgan fingerprint density at radius 1 is 1.15 bits per heavy atom. The van der Waals surface area contributed by atoms with Crippen molar-refractivity contribution in [2.24, 2.45) is 5.92 Å². The molecule has 1 aliphatic rings. The highest BCUT2D eigenvalue weighted by Crippen LogP contribution is 2.31. The summed E-state index contributed by atoms with van der Waals surface area (Å²) in [5.74, 6) is 0.782. The van der Waals surface area contributed by atoms with Gasteiger partial charge in [-0.05, 0) is 74.2 Å². The number of rotatable bonds is 6. The highest BCUT2D eigenvalue weighted by atomic mass is 32.2. The van der Waals surface area contributed by atoms with Gasteiger partial charge in [-0.15, -0.1) is 11.3 Å². The van der Waals surface area contributed by atoms with Gasteiger partial charge in [0.2, 0.25) is 10.0 Å². The van der Waals surface area contributed by atoms with E-state index in [0.29, 0.717) is 29.7 Å². The average molecular weight is 486 g/mol. The number of aryl methyl sites for hydroxylation is 1. The fourth-order valence-corrected chi connectivity index (χ4v) is 6.36. The van der Waals surface area contributed by atoms with Gasteiger partial charge in [-0.2, -0.15) is 4.31 Å². The highest BCUT2D eigenvalue weighted by molar-refractivity contribution is 7.89. The molecule has 2 heterocycles. The lowest BCUT2D eigenvalue weighted by atomic mass is 10.0. The Morgan fingerprint density at radius 3 is 2.48 bits per heavy atom. The number of carbonyl (C=O) groups is 1. The molecular weight excluding hydrogens is 458 g/mol. The third-order valence-corrected chi connectivity index (χ3v) is 8.52. The Hall–Kier alpha value is -2.75. The van der Waals surface area contributed by atoms with Gasteiger partial charge in [0.1, 0.15) is 5.75 Å². The second kappa shape index (κ2) is 9.62. The summed E-state index contributed by atoms with van der Waals surface area (Å²) in [7, 11) is -1.93. The van der Waals surface area contributed by atoms with Gasteiger partial charge in [0.25, 0.3) is 5.91 Å². The largest absolute Gasteiger partial charge is 0.497 e. The van der Waals surface area contributed by atoms with Gasteiger partial charge in [0, 0.05) is 29.1 Å². The zero-order chi connectivity index (χ0) is 23.6. The molecule has 174 valence electrons. The molecule has 0 spiro atoms. The summed E-state index contributed by atoms with van der Waals surface area (Å²) in [5.41, 5.74) is 2.11. The smallest absolute Gasteiger partial charge is 0.257 e. The van der Waals surface area contributed by atoms with Crippen LogP contribution in [-0.4, -0.2) is 43.8 Å². The molecular formula is C24H27N3O4S2. The molecule has 0 aliphatic carbocycles. The van der Waals surface area contributed by atoms with Crippen LogP contribution in [0, 0.1) is 12.8 Å². The van der Waals surface area contributed by atoms with Crippen molar-refractivity contribution in [3.05, 3.63) is 59.0 Å². The molecule has 4 rings (SSSR count). The number of aromatic nitrogens is 1. The van der Waals surface area contributed by atoms with E-state index < -0.39 is 10.0 Å². The van der Waals surface area contributed by atoms with Gasteiger partial charge >= 0.3 is 0 Å². The summed E-state index contributed by atoms with van der Waals surface area (Å²) in [6, 6.07) is 13.7. The fourth-order valence-electron chi connectivity index (χ4n) is 3.93. The predicted molar refractivity (Wildman–Crippen MR) is 130 cm³/mol. The molecule has 2 aromatic carbocycles. The lowest BCUT2D eigenvalue weighted by Gasteiger charge is -2.30. The Bertz CT molecular complexity index is 1240. The van der Waals surface area contributed by atoms with Gasteiger partial charge in [0.15, 0.2) is 5.13 Å². The Kier molecular flexibility index (Phi) is 6.83. The normalized spacial score (nSPS) is 17.0. The van der Waals surface area contributed by atoms with E-state index in [1.165, 1.54) is 27.8 Å². The van der Waals surface area contributed by atoms with Gasteiger partial charge in [-0.3, -0.25) is 10.1 Å². The van der Waals surface area contributed by atoms with Crippen LogP contribution in [0.4, 0.5) is 5.13 Å².